The number of likely N-dealkylation sites (N-methyl/N-ethyl adjacent to an activating group) is 1. The molecule has 0 spiro atoms. The number of hydrogen-bond acceptors (Lipinski definition) is 4. The lowest BCUT2D eigenvalue weighted by Gasteiger charge is -2.17. The highest BCUT2D eigenvalue weighted by Crippen LogP contribution is 2.15. The standard InChI is InChI=1S/C17H17FN4O2/c1-21(10-11-24-16-9-5-2-6-13(16)18)17(23)12-22-15-8-4-3-7-14(15)19-20-22/h2-9H,10-12H2,1H3. The second-order valence-electron chi connectivity index (χ2n) is 5.33. The molecule has 7 heteroatoms. The van der Waals surface area contributed by atoms with Gasteiger partial charge >= 0.3 is 0 Å². The van der Waals surface area contributed by atoms with Crippen LogP contribution in [0, 0.1) is 5.82 Å². The molecular weight excluding hydrogens is 311 g/mol. The summed E-state index contributed by atoms with van der Waals surface area (Å²) in [6.07, 6.45) is 0. The van der Waals surface area contributed by atoms with Gasteiger partial charge in [-0.15, -0.1) is 5.10 Å². The third kappa shape index (κ3) is 3.51. The fourth-order valence-electron chi connectivity index (χ4n) is 2.26. The van der Waals surface area contributed by atoms with Gasteiger partial charge in [0.25, 0.3) is 0 Å². The Balaban J connectivity index is 1.54. The Morgan fingerprint density at radius 1 is 1.21 bits per heavy atom. The van der Waals surface area contributed by atoms with Crippen LogP contribution in [0.25, 0.3) is 11.0 Å². The molecule has 1 heterocycles. The second kappa shape index (κ2) is 7.08. The lowest BCUT2D eigenvalue weighted by atomic mass is 10.3. The largest absolute Gasteiger partial charge is 0.489 e. The predicted octanol–water partition coefficient (Wildman–Crippen LogP) is 2.11. The van der Waals surface area contributed by atoms with Crippen molar-refractivity contribution in [3.8, 4) is 5.75 Å². The number of aromatic nitrogens is 3. The fourth-order valence-corrected chi connectivity index (χ4v) is 2.26. The highest BCUT2D eigenvalue weighted by Gasteiger charge is 2.13. The lowest BCUT2D eigenvalue weighted by molar-refractivity contribution is -0.131. The van der Waals surface area contributed by atoms with Crippen molar-refractivity contribution in [3.05, 3.63) is 54.3 Å². The second-order valence-corrected chi connectivity index (χ2v) is 5.33. The summed E-state index contributed by atoms with van der Waals surface area (Å²) in [5, 5.41) is 8.01. The van der Waals surface area contributed by atoms with E-state index in [1.165, 1.54) is 11.0 Å². The first kappa shape index (κ1) is 15.9. The van der Waals surface area contributed by atoms with Crippen molar-refractivity contribution in [2.75, 3.05) is 20.2 Å². The zero-order valence-electron chi connectivity index (χ0n) is 13.2. The molecule has 6 nitrogen and oxygen atoms in total. The average molecular weight is 328 g/mol. The van der Waals surface area contributed by atoms with Gasteiger partial charge in [-0.3, -0.25) is 4.79 Å². The molecule has 0 saturated heterocycles. The number of carbonyl (C=O) groups excluding carboxylic acids is 1. The zero-order valence-corrected chi connectivity index (χ0v) is 13.2. The molecule has 0 radical (unpaired) electrons. The van der Waals surface area contributed by atoms with Gasteiger partial charge in [-0.05, 0) is 24.3 Å². The molecule has 0 fully saturated rings. The number of nitrogens with zero attached hydrogens (tertiary/aromatic N) is 4. The molecule has 124 valence electrons. The van der Waals surface area contributed by atoms with E-state index < -0.39 is 5.82 Å². The van der Waals surface area contributed by atoms with Gasteiger partial charge in [0.1, 0.15) is 18.7 Å². The molecule has 2 aromatic carbocycles. The van der Waals surface area contributed by atoms with Crippen LogP contribution in [0.3, 0.4) is 0 Å². The molecule has 3 aromatic rings. The smallest absolute Gasteiger partial charge is 0.244 e. The van der Waals surface area contributed by atoms with Crippen LogP contribution in [0.2, 0.25) is 0 Å². The molecule has 0 N–H and O–H groups in total. The average Bonchev–Trinajstić information content (AvgIpc) is 2.99. The molecule has 0 atom stereocenters. The van der Waals surface area contributed by atoms with Crippen LogP contribution in [-0.2, 0) is 11.3 Å². The number of benzene rings is 2. The fraction of sp³-hybridized carbons (Fsp3) is 0.235. The van der Waals surface area contributed by atoms with Crippen LogP contribution < -0.4 is 4.74 Å². The molecule has 3 rings (SSSR count). The first-order chi connectivity index (χ1) is 11.6. The number of amides is 1. The minimum atomic E-state index is -0.416. The van der Waals surface area contributed by atoms with Crippen molar-refractivity contribution in [1.29, 1.82) is 0 Å². The van der Waals surface area contributed by atoms with Gasteiger partial charge < -0.3 is 9.64 Å². The van der Waals surface area contributed by atoms with E-state index in [9.17, 15) is 9.18 Å². The van der Waals surface area contributed by atoms with E-state index in [1.54, 1.807) is 29.9 Å². The number of ether oxygens (including phenoxy) is 1. The van der Waals surface area contributed by atoms with Crippen molar-refractivity contribution in [2.45, 2.75) is 6.54 Å². The summed E-state index contributed by atoms with van der Waals surface area (Å²) in [6.45, 7) is 0.651. The molecule has 1 amide bonds. The maximum Gasteiger partial charge on any atom is 0.244 e. The van der Waals surface area contributed by atoms with Gasteiger partial charge in [-0.2, -0.15) is 0 Å². The Morgan fingerprint density at radius 2 is 1.96 bits per heavy atom. The Bertz CT molecular complexity index is 849. The summed E-state index contributed by atoms with van der Waals surface area (Å²) in [7, 11) is 1.67. The molecule has 0 aliphatic rings. The van der Waals surface area contributed by atoms with Crippen molar-refractivity contribution in [3.63, 3.8) is 0 Å². The van der Waals surface area contributed by atoms with Gasteiger partial charge in [-0.25, -0.2) is 9.07 Å². The van der Waals surface area contributed by atoms with Gasteiger partial charge in [0, 0.05) is 7.05 Å². The maximum absolute atomic E-state index is 13.4. The molecule has 0 bridgehead atoms. The molecule has 0 saturated carbocycles. The van der Waals surface area contributed by atoms with Gasteiger partial charge in [0.2, 0.25) is 5.91 Å². The number of para-hydroxylation sites is 2. The van der Waals surface area contributed by atoms with Crippen molar-refractivity contribution >= 4 is 16.9 Å². The summed E-state index contributed by atoms with van der Waals surface area (Å²) in [6, 6.07) is 13.6. The van der Waals surface area contributed by atoms with E-state index in [0.29, 0.717) is 6.54 Å². The molecule has 0 aliphatic heterocycles. The molecule has 24 heavy (non-hydrogen) atoms. The summed E-state index contributed by atoms with van der Waals surface area (Å²) >= 11 is 0. The summed E-state index contributed by atoms with van der Waals surface area (Å²) in [5.74, 6) is -0.357. The van der Waals surface area contributed by atoms with Crippen molar-refractivity contribution in [2.24, 2.45) is 0 Å². The highest BCUT2D eigenvalue weighted by molar-refractivity contribution is 5.79. The number of rotatable bonds is 6. The molecule has 0 aliphatic carbocycles. The number of hydrogen-bond donors (Lipinski definition) is 0. The lowest BCUT2D eigenvalue weighted by Crippen LogP contribution is -2.33. The first-order valence-electron chi connectivity index (χ1n) is 7.54. The van der Waals surface area contributed by atoms with E-state index in [-0.39, 0.29) is 24.8 Å². The predicted molar refractivity (Wildman–Crippen MR) is 87.1 cm³/mol. The quantitative estimate of drug-likeness (QED) is 0.695. The summed E-state index contributed by atoms with van der Waals surface area (Å²) < 4.78 is 20.4. The topological polar surface area (TPSA) is 60.2 Å². The number of halogens is 1. The monoisotopic (exact) mass is 328 g/mol. The molecule has 1 aromatic heterocycles. The van der Waals surface area contributed by atoms with E-state index in [2.05, 4.69) is 10.3 Å². The number of fused-ring (bicyclic) bond motifs is 1. The van der Waals surface area contributed by atoms with Crippen molar-refractivity contribution in [1.82, 2.24) is 19.9 Å². The number of carbonyl (C=O) groups is 1. The van der Waals surface area contributed by atoms with Crippen LogP contribution >= 0.6 is 0 Å². The van der Waals surface area contributed by atoms with E-state index in [1.807, 2.05) is 24.3 Å². The van der Waals surface area contributed by atoms with Gasteiger partial charge in [0.15, 0.2) is 11.6 Å². The van der Waals surface area contributed by atoms with Crippen LogP contribution in [0.5, 0.6) is 5.75 Å². The van der Waals surface area contributed by atoms with E-state index in [0.717, 1.165) is 11.0 Å². The first-order valence-corrected chi connectivity index (χ1v) is 7.54. The minimum absolute atomic E-state index is 0.0940. The summed E-state index contributed by atoms with van der Waals surface area (Å²) in [4.78, 5) is 13.8. The Labute approximate surface area is 138 Å². The Kier molecular flexibility index (Phi) is 4.69. The van der Waals surface area contributed by atoms with Gasteiger partial charge in [0.05, 0.1) is 12.1 Å². The summed E-state index contributed by atoms with van der Waals surface area (Å²) in [5.41, 5.74) is 1.55. The maximum atomic E-state index is 13.4. The minimum Gasteiger partial charge on any atom is -0.489 e. The highest BCUT2D eigenvalue weighted by atomic mass is 19.1. The SMILES string of the molecule is CN(CCOc1ccccc1F)C(=O)Cn1nnc2ccccc21. The molecule has 0 unspecified atom stereocenters. The van der Waals surface area contributed by atoms with E-state index in [4.69, 9.17) is 4.74 Å². The van der Waals surface area contributed by atoms with E-state index >= 15 is 0 Å². The van der Waals surface area contributed by atoms with Crippen molar-refractivity contribution < 1.29 is 13.9 Å². The van der Waals surface area contributed by atoms with Crippen LogP contribution in [0.1, 0.15) is 0 Å². The van der Waals surface area contributed by atoms with Crippen LogP contribution in [0.4, 0.5) is 4.39 Å². The normalized spacial score (nSPS) is 10.8. The third-order valence-electron chi connectivity index (χ3n) is 3.65. The molecular formula is C17H17FN4O2. The van der Waals surface area contributed by atoms with Crippen LogP contribution in [0.15, 0.2) is 48.5 Å². The third-order valence-corrected chi connectivity index (χ3v) is 3.65. The zero-order chi connectivity index (χ0) is 16.9. The Hall–Kier alpha value is -2.96. The van der Waals surface area contributed by atoms with Gasteiger partial charge in [-0.1, -0.05) is 29.5 Å². The Morgan fingerprint density at radius 3 is 2.79 bits per heavy atom. The van der Waals surface area contributed by atoms with Crippen LogP contribution in [-0.4, -0.2) is 46.0 Å².